The van der Waals surface area contributed by atoms with Crippen LogP contribution in [0.5, 0.6) is 5.75 Å². The molecule has 1 N–H and O–H groups in total. The van der Waals surface area contributed by atoms with Crippen LogP contribution in [-0.4, -0.2) is 42.3 Å². The summed E-state index contributed by atoms with van der Waals surface area (Å²) in [6.45, 7) is 3.46. The van der Waals surface area contributed by atoms with Crippen LogP contribution in [0, 0.1) is 0 Å². The Balaban J connectivity index is 1.94. The van der Waals surface area contributed by atoms with Gasteiger partial charge in [-0.05, 0) is 36.2 Å². The molecule has 2 rings (SSSR count). The monoisotopic (exact) mass is 361 g/mol. The van der Waals surface area contributed by atoms with Gasteiger partial charge in [0.2, 0.25) is 0 Å². The van der Waals surface area contributed by atoms with Crippen LogP contribution in [0.2, 0.25) is 0 Å². The van der Waals surface area contributed by atoms with E-state index in [2.05, 4.69) is 4.90 Å². The summed E-state index contributed by atoms with van der Waals surface area (Å²) in [4.78, 5) is 13.5. The molecule has 6 nitrogen and oxygen atoms in total. The van der Waals surface area contributed by atoms with Crippen molar-refractivity contribution in [2.75, 3.05) is 20.3 Å². The smallest absolute Gasteiger partial charge is 0.305 e. The second-order valence-electron chi connectivity index (χ2n) is 6.18. The molecule has 6 heteroatoms. The summed E-state index contributed by atoms with van der Waals surface area (Å²) < 4.78 is 15.7. The Kier molecular flexibility index (Phi) is 8.18. The van der Waals surface area contributed by atoms with Gasteiger partial charge in [-0.1, -0.05) is 19.1 Å². The number of ether oxygens (including phenoxy) is 2. The van der Waals surface area contributed by atoms with Crippen LogP contribution < -0.4 is 4.74 Å². The van der Waals surface area contributed by atoms with Crippen molar-refractivity contribution >= 4 is 5.97 Å². The average Bonchev–Trinajstić information content (AvgIpc) is 3.14. The highest BCUT2D eigenvalue weighted by Gasteiger charge is 2.16. The summed E-state index contributed by atoms with van der Waals surface area (Å²) in [6, 6.07) is 11.5. The van der Waals surface area contributed by atoms with E-state index in [0.29, 0.717) is 26.1 Å². The highest BCUT2D eigenvalue weighted by molar-refractivity contribution is 5.69. The van der Waals surface area contributed by atoms with Crippen molar-refractivity contribution in [3.8, 4) is 5.75 Å². The van der Waals surface area contributed by atoms with E-state index in [1.807, 2.05) is 43.3 Å². The molecule has 1 heterocycles. The van der Waals surface area contributed by atoms with E-state index in [-0.39, 0.29) is 12.6 Å². The Morgan fingerprint density at radius 2 is 2.00 bits per heavy atom. The first-order valence-electron chi connectivity index (χ1n) is 8.82. The molecule has 0 saturated heterocycles. The molecule has 0 bridgehead atoms. The average molecular weight is 361 g/mol. The van der Waals surface area contributed by atoms with E-state index in [4.69, 9.17) is 13.9 Å². The quantitative estimate of drug-likeness (QED) is 0.621. The zero-order valence-electron chi connectivity index (χ0n) is 15.4. The summed E-state index contributed by atoms with van der Waals surface area (Å²) in [7, 11) is 1.63. The van der Waals surface area contributed by atoms with Gasteiger partial charge in [0.25, 0.3) is 0 Å². The maximum absolute atomic E-state index is 11.5. The first kappa shape index (κ1) is 20.0. The van der Waals surface area contributed by atoms with Gasteiger partial charge in [0.15, 0.2) is 0 Å². The first-order valence-corrected chi connectivity index (χ1v) is 8.82. The molecule has 26 heavy (non-hydrogen) atoms. The molecular formula is C20H27NO5. The van der Waals surface area contributed by atoms with Gasteiger partial charge in [-0.25, -0.2) is 0 Å². The predicted octanol–water partition coefficient (Wildman–Crippen LogP) is 2.99. The molecule has 0 aliphatic heterocycles. The predicted molar refractivity (Wildman–Crippen MR) is 97.7 cm³/mol. The minimum Gasteiger partial charge on any atom is -0.497 e. The Morgan fingerprint density at radius 3 is 2.62 bits per heavy atom. The SMILES string of the molecule is CCCC(=O)OC[C@H](O)CN(Cc1ccc(OC)cc1)Cc1ccco1. The van der Waals surface area contributed by atoms with Gasteiger partial charge in [-0.2, -0.15) is 0 Å². The van der Waals surface area contributed by atoms with Crippen LogP contribution in [0.4, 0.5) is 0 Å². The zero-order chi connectivity index (χ0) is 18.8. The molecule has 142 valence electrons. The normalized spacial score (nSPS) is 12.2. The van der Waals surface area contributed by atoms with Crippen molar-refractivity contribution < 1.29 is 23.8 Å². The summed E-state index contributed by atoms with van der Waals surface area (Å²) in [5.74, 6) is 1.34. The number of furan rings is 1. The third kappa shape index (κ3) is 6.90. The topological polar surface area (TPSA) is 72.1 Å². The number of aliphatic hydroxyl groups excluding tert-OH is 1. The Bertz CT molecular complexity index is 639. The fourth-order valence-corrected chi connectivity index (χ4v) is 2.61. The number of hydrogen-bond acceptors (Lipinski definition) is 6. The van der Waals surface area contributed by atoms with Crippen LogP contribution in [0.15, 0.2) is 47.1 Å². The van der Waals surface area contributed by atoms with E-state index in [1.165, 1.54) is 0 Å². The molecule has 2 aromatic rings. The number of rotatable bonds is 11. The maximum atomic E-state index is 11.5. The number of benzene rings is 1. The Labute approximate surface area is 154 Å². The van der Waals surface area contributed by atoms with Crippen LogP contribution in [-0.2, 0) is 22.6 Å². The van der Waals surface area contributed by atoms with Crippen LogP contribution in [0.1, 0.15) is 31.1 Å². The minimum absolute atomic E-state index is 0.00387. The van der Waals surface area contributed by atoms with Gasteiger partial charge >= 0.3 is 5.97 Å². The molecule has 0 aliphatic carbocycles. The molecule has 0 spiro atoms. The summed E-state index contributed by atoms with van der Waals surface area (Å²) >= 11 is 0. The van der Waals surface area contributed by atoms with Gasteiger partial charge in [-0.3, -0.25) is 9.69 Å². The van der Waals surface area contributed by atoms with Gasteiger partial charge in [0, 0.05) is 19.5 Å². The third-order valence-corrected chi connectivity index (χ3v) is 3.88. The number of aliphatic hydroxyl groups is 1. The number of esters is 1. The maximum Gasteiger partial charge on any atom is 0.305 e. The number of hydrogen-bond donors (Lipinski definition) is 1. The van der Waals surface area contributed by atoms with Crippen molar-refractivity contribution in [2.45, 2.75) is 39.0 Å². The summed E-state index contributed by atoms with van der Waals surface area (Å²) in [6.07, 6.45) is 1.97. The molecule has 0 amide bonds. The van der Waals surface area contributed by atoms with Crippen molar-refractivity contribution in [2.24, 2.45) is 0 Å². The zero-order valence-corrected chi connectivity index (χ0v) is 15.4. The van der Waals surface area contributed by atoms with Gasteiger partial charge in [-0.15, -0.1) is 0 Å². The fraction of sp³-hybridized carbons (Fsp3) is 0.450. The fourth-order valence-electron chi connectivity index (χ4n) is 2.61. The van der Waals surface area contributed by atoms with E-state index in [0.717, 1.165) is 23.5 Å². The van der Waals surface area contributed by atoms with Crippen LogP contribution in [0.25, 0.3) is 0 Å². The Hall–Kier alpha value is -2.31. The third-order valence-electron chi connectivity index (χ3n) is 3.88. The number of carbonyl (C=O) groups is 1. The lowest BCUT2D eigenvalue weighted by molar-refractivity contribution is -0.147. The molecule has 1 atom stereocenters. The lowest BCUT2D eigenvalue weighted by Crippen LogP contribution is -2.34. The van der Waals surface area contributed by atoms with Gasteiger partial charge in [0.1, 0.15) is 24.2 Å². The number of nitrogens with zero attached hydrogens (tertiary/aromatic N) is 1. The summed E-state index contributed by atoms with van der Waals surface area (Å²) in [5.41, 5.74) is 1.09. The highest BCUT2D eigenvalue weighted by atomic mass is 16.5. The molecule has 0 unspecified atom stereocenters. The largest absolute Gasteiger partial charge is 0.497 e. The van der Waals surface area contributed by atoms with Crippen molar-refractivity contribution in [1.82, 2.24) is 4.90 Å². The lowest BCUT2D eigenvalue weighted by atomic mass is 10.2. The van der Waals surface area contributed by atoms with E-state index in [9.17, 15) is 9.90 Å². The van der Waals surface area contributed by atoms with Crippen molar-refractivity contribution in [3.05, 3.63) is 54.0 Å². The number of carbonyl (C=O) groups excluding carboxylic acids is 1. The Morgan fingerprint density at radius 1 is 1.23 bits per heavy atom. The second-order valence-corrected chi connectivity index (χ2v) is 6.18. The van der Waals surface area contributed by atoms with Gasteiger partial charge in [0.05, 0.1) is 19.9 Å². The number of methoxy groups -OCH3 is 1. The summed E-state index contributed by atoms with van der Waals surface area (Å²) in [5, 5.41) is 10.3. The van der Waals surface area contributed by atoms with Gasteiger partial charge < -0.3 is 19.0 Å². The molecule has 0 fully saturated rings. The van der Waals surface area contributed by atoms with Crippen LogP contribution in [0.3, 0.4) is 0 Å². The molecular weight excluding hydrogens is 334 g/mol. The molecule has 0 saturated carbocycles. The van der Waals surface area contributed by atoms with E-state index in [1.54, 1.807) is 13.4 Å². The van der Waals surface area contributed by atoms with Crippen molar-refractivity contribution in [1.29, 1.82) is 0 Å². The minimum atomic E-state index is -0.760. The standard InChI is InChI=1S/C20H27NO5/c1-3-5-20(23)26-15-17(22)13-21(14-19-6-4-11-25-19)12-16-7-9-18(24-2)10-8-16/h4,6-11,17,22H,3,5,12-15H2,1-2H3/t17-/m1/s1. The molecule has 1 aromatic heterocycles. The van der Waals surface area contributed by atoms with E-state index < -0.39 is 6.10 Å². The van der Waals surface area contributed by atoms with E-state index >= 15 is 0 Å². The highest BCUT2D eigenvalue weighted by Crippen LogP contribution is 2.15. The van der Waals surface area contributed by atoms with Crippen molar-refractivity contribution in [3.63, 3.8) is 0 Å². The lowest BCUT2D eigenvalue weighted by Gasteiger charge is -2.24. The second kappa shape index (κ2) is 10.6. The van der Waals surface area contributed by atoms with Crippen LogP contribution >= 0.6 is 0 Å². The first-order chi connectivity index (χ1) is 12.6. The molecule has 0 aliphatic rings. The molecule has 1 aromatic carbocycles. The molecule has 0 radical (unpaired) electrons.